The summed E-state index contributed by atoms with van der Waals surface area (Å²) in [6.45, 7) is 2.89. The Morgan fingerprint density at radius 3 is 2.70 bits per heavy atom. The van der Waals surface area contributed by atoms with Gasteiger partial charge in [-0.05, 0) is 73.0 Å². The third-order valence-corrected chi connectivity index (χ3v) is 4.29. The summed E-state index contributed by atoms with van der Waals surface area (Å²) in [5.74, 6) is 0.875. The summed E-state index contributed by atoms with van der Waals surface area (Å²) in [4.78, 5) is 0. The van der Waals surface area contributed by atoms with Gasteiger partial charge in [0.05, 0.1) is 6.54 Å². The van der Waals surface area contributed by atoms with Crippen molar-refractivity contribution in [3.05, 3.63) is 58.0 Å². The van der Waals surface area contributed by atoms with Gasteiger partial charge >= 0.3 is 0 Å². The Bertz CT molecular complexity index is 590. The summed E-state index contributed by atoms with van der Waals surface area (Å²) in [5, 5.41) is 3.93. The smallest absolute Gasteiger partial charge is 0.193 e. The van der Waals surface area contributed by atoms with Crippen LogP contribution >= 0.6 is 11.6 Å². The molecule has 0 aliphatic heterocycles. The van der Waals surface area contributed by atoms with Crippen LogP contribution in [0.15, 0.2) is 34.7 Å². The zero-order chi connectivity index (χ0) is 13.9. The molecular weight excluding hydrogens is 270 g/mol. The van der Waals surface area contributed by atoms with E-state index in [2.05, 4.69) is 30.4 Å². The first-order valence-electron chi connectivity index (χ1n) is 7.31. The molecule has 1 N–H and O–H groups in total. The van der Waals surface area contributed by atoms with E-state index in [0.29, 0.717) is 17.8 Å². The average molecular weight is 290 g/mol. The molecule has 2 nitrogen and oxygen atoms in total. The van der Waals surface area contributed by atoms with Crippen LogP contribution in [-0.2, 0) is 19.4 Å². The minimum atomic E-state index is 0.311. The summed E-state index contributed by atoms with van der Waals surface area (Å²) in [5.41, 5.74) is 4.41. The summed E-state index contributed by atoms with van der Waals surface area (Å²) >= 11 is 5.78. The lowest BCUT2D eigenvalue weighted by molar-refractivity contribution is 0.461. The summed E-state index contributed by atoms with van der Waals surface area (Å²) < 4.78 is 5.36. The van der Waals surface area contributed by atoms with E-state index in [-0.39, 0.29) is 0 Å². The highest BCUT2D eigenvalue weighted by atomic mass is 35.5. The fourth-order valence-corrected chi connectivity index (χ4v) is 3.00. The molecule has 1 aliphatic carbocycles. The van der Waals surface area contributed by atoms with Crippen LogP contribution in [0.3, 0.4) is 0 Å². The summed E-state index contributed by atoms with van der Waals surface area (Å²) in [7, 11) is 0. The maximum Gasteiger partial charge on any atom is 0.193 e. The molecule has 1 aromatic carbocycles. The third kappa shape index (κ3) is 3.08. The molecule has 1 unspecified atom stereocenters. The van der Waals surface area contributed by atoms with E-state index in [4.69, 9.17) is 16.0 Å². The van der Waals surface area contributed by atoms with E-state index in [0.717, 1.165) is 5.76 Å². The molecule has 0 amide bonds. The monoisotopic (exact) mass is 289 g/mol. The minimum absolute atomic E-state index is 0.311. The molecule has 0 saturated heterocycles. The topological polar surface area (TPSA) is 25.2 Å². The second kappa shape index (κ2) is 6.02. The molecule has 20 heavy (non-hydrogen) atoms. The minimum Gasteiger partial charge on any atom is -0.448 e. The van der Waals surface area contributed by atoms with Crippen LogP contribution in [0, 0.1) is 0 Å². The predicted molar refractivity (Wildman–Crippen MR) is 82.1 cm³/mol. The maximum atomic E-state index is 5.78. The second-order valence-corrected chi connectivity index (χ2v) is 5.92. The van der Waals surface area contributed by atoms with Crippen LogP contribution in [0.1, 0.15) is 48.3 Å². The van der Waals surface area contributed by atoms with Crippen LogP contribution < -0.4 is 5.32 Å². The van der Waals surface area contributed by atoms with Crippen LogP contribution in [0.25, 0.3) is 0 Å². The van der Waals surface area contributed by atoms with Crippen molar-refractivity contribution in [2.45, 2.75) is 45.2 Å². The van der Waals surface area contributed by atoms with Gasteiger partial charge in [0.15, 0.2) is 5.22 Å². The summed E-state index contributed by atoms with van der Waals surface area (Å²) in [6, 6.07) is 10.9. The quantitative estimate of drug-likeness (QED) is 0.885. The van der Waals surface area contributed by atoms with Gasteiger partial charge in [-0.25, -0.2) is 0 Å². The Kier molecular flexibility index (Phi) is 4.13. The number of hydrogen-bond acceptors (Lipinski definition) is 2. The Hall–Kier alpha value is -1.25. The van der Waals surface area contributed by atoms with E-state index in [1.807, 2.05) is 6.07 Å². The number of aryl methyl sites for hydroxylation is 2. The van der Waals surface area contributed by atoms with Crippen molar-refractivity contribution in [2.24, 2.45) is 0 Å². The largest absolute Gasteiger partial charge is 0.448 e. The van der Waals surface area contributed by atoms with Crippen LogP contribution in [0.5, 0.6) is 0 Å². The fraction of sp³-hybridized carbons (Fsp3) is 0.412. The first-order chi connectivity index (χ1) is 9.72. The number of rotatable bonds is 4. The highest BCUT2D eigenvalue weighted by molar-refractivity contribution is 6.28. The Morgan fingerprint density at radius 1 is 1.15 bits per heavy atom. The highest BCUT2D eigenvalue weighted by Crippen LogP contribution is 2.25. The van der Waals surface area contributed by atoms with E-state index in [1.165, 1.54) is 42.4 Å². The molecule has 0 saturated carbocycles. The van der Waals surface area contributed by atoms with E-state index in [1.54, 1.807) is 6.07 Å². The lowest BCUT2D eigenvalue weighted by Gasteiger charge is -2.19. The van der Waals surface area contributed by atoms with Crippen molar-refractivity contribution >= 4 is 11.6 Å². The fourth-order valence-electron chi connectivity index (χ4n) is 2.84. The molecule has 1 aromatic heterocycles. The zero-order valence-corrected chi connectivity index (χ0v) is 12.5. The first kappa shape index (κ1) is 13.7. The molecule has 0 bridgehead atoms. The number of benzene rings is 1. The van der Waals surface area contributed by atoms with Crippen LogP contribution in [0.2, 0.25) is 5.22 Å². The molecule has 3 heteroatoms. The normalized spacial score (nSPS) is 15.9. The lowest BCUT2D eigenvalue weighted by Crippen LogP contribution is -2.18. The van der Waals surface area contributed by atoms with Crippen molar-refractivity contribution < 1.29 is 4.42 Å². The van der Waals surface area contributed by atoms with Crippen molar-refractivity contribution in [3.63, 3.8) is 0 Å². The Morgan fingerprint density at radius 2 is 1.95 bits per heavy atom. The van der Waals surface area contributed by atoms with Gasteiger partial charge in [0.1, 0.15) is 5.76 Å². The number of furan rings is 1. The molecule has 1 heterocycles. The van der Waals surface area contributed by atoms with E-state index >= 15 is 0 Å². The molecule has 1 atom stereocenters. The molecular formula is C17H20ClNO. The standard InChI is InChI=1S/C17H20ClNO/c1-12(19-11-16-8-9-17(18)20-16)14-7-6-13-4-2-3-5-15(13)10-14/h6-10,12,19H,2-5,11H2,1H3. The van der Waals surface area contributed by atoms with Gasteiger partial charge in [-0.15, -0.1) is 0 Å². The van der Waals surface area contributed by atoms with E-state index < -0.39 is 0 Å². The number of halogens is 1. The highest BCUT2D eigenvalue weighted by Gasteiger charge is 2.12. The van der Waals surface area contributed by atoms with Crippen molar-refractivity contribution in [2.75, 3.05) is 0 Å². The van der Waals surface area contributed by atoms with Crippen molar-refractivity contribution in [1.82, 2.24) is 5.32 Å². The Labute approximate surface area is 125 Å². The SMILES string of the molecule is CC(NCc1ccc(Cl)o1)c1ccc2c(c1)CCCC2. The summed E-state index contributed by atoms with van der Waals surface area (Å²) in [6.07, 6.45) is 5.12. The number of hydrogen-bond donors (Lipinski definition) is 1. The molecule has 106 valence electrons. The second-order valence-electron chi connectivity index (χ2n) is 5.54. The van der Waals surface area contributed by atoms with Crippen molar-refractivity contribution in [1.29, 1.82) is 0 Å². The van der Waals surface area contributed by atoms with Gasteiger partial charge in [0.2, 0.25) is 0 Å². The van der Waals surface area contributed by atoms with Gasteiger partial charge in [-0.3, -0.25) is 0 Å². The third-order valence-electron chi connectivity index (χ3n) is 4.08. The number of fused-ring (bicyclic) bond motifs is 1. The van der Waals surface area contributed by atoms with Gasteiger partial charge in [0, 0.05) is 6.04 Å². The van der Waals surface area contributed by atoms with Gasteiger partial charge in [-0.2, -0.15) is 0 Å². The molecule has 0 spiro atoms. The van der Waals surface area contributed by atoms with Gasteiger partial charge in [0.25, 0.3) is 0 Å². The van der Waals surface area contributed by atoms with Gasteiger partial charge in [-0.1, -0.05) is 18.2 Å². The predicted octanol–water partition coefficient (Wildman–Crippen LogP) is 4.66. The molecule has 0 fully saturated rings. The van der Waals surface area contributed by atoms with E-state index in [9.17, 15) is 0 Å². The zero-order valence-electron chi connectivity index (χ0n) is 11.8. The number of nitrogens with one attached hydrogen (secondary N) is 1. The Balaban J connectivity index is 1.66. The lowest BCUT2D eigenvalue weighted by atomic mass is 9.89. The van der Waals surface area contributed by atoms with Gasteiger partial charge < -0.3 is 9.73 Å². The maximum absolute atomic E-state index is 5.78. The molecule has 3 rings (SSSR count). The molecule has 0 radical (unpaired) electrons. The van der Waals surface area contributed by atoms with Crippen molar-refractivity contribution in [3.8, 4) is 0 Å². The average Bonchev–Trinajstić information content (AvgIpc) is 2.90. The van der Waals surface area contributed by atoms with Crippen LogP contribution in [0.4, 0.5) is 0 Å². The molecule has 2 aromatic rings. The van der Waals surface area contributed by atoms with Crippen LogP contribution in [-0.4, -0.2) is 0 Å². The first-order valence-corrected chi connectivity index (χ1v) is 7.69. The molecule has 1 aliphatic rings.